The average molecular weight is 420 g/mol. The Morgan fingerprint density at radius 1 is 1.06 bits per heavy atom. The summed E-state index contributed by atoms with van der Waals surface area (Å²) in [5, 5.41) is 4.38. The van der Waals surface area contributed by atoms with Crippen molar-refractivity contribution < 1.29 is 14.3 Å². The number of nitrogens with zero attached hydrogens (tertiary/aromatic N) is 6. The van der Waals surface area contributed by atoms with E-state index in [-0.39, 0.29) is 24.2 Å². The Morgan fingerprint density at radius 3 is 2.65 bits per heavy atom. The molecule has 1 saturated heterocycles. The Hall–Kier alpha value is -3.49. The number of aryl methyl sites for hydroxylation is 2. The second-order valence-electron chi connectivity index (χ2n) is 8.06. The molecule has 4 heterocycles. The number of amides is 2. The minimum absolute atomic E-state index is 0.0436. The maximum atomic E-state index is 13.5. The van der Waals surface area contributed by atoms with E-state index in [1.54, 1.807) is 21.5 Å². The molecule has 9 heteroatoms. The summed E-state index contributed by atoms with van der Waals surface area (Å²) in [6, 6.07) is 9.12. The van der Waals surface area contributed by atoms with E-state index >= 15 is 0 Å². The Morgan fingerprint density at radius 2 is 1.84 bits per heavy atom. The molecule has 9 nitrogen and oxygen atoms in total. The normalized spacial score (nSPS) is 18.6. The van der Waals surface area contributed by atoms with Crippen LogP contribution >= 0.6 is 0 Å². The smallest absolute Gasteiger partial charge is 0.298 e. The number of rotatable bonds is 2. The third-order valence-electron chi connectivity index (χ3n) is 5.77. The van der Waals surface area contributed by atoms with Gasteiger partial charge in [-0.15, -0.1) is 5.10 Å². The summed E-state index contributed by atoms with van der Waals surface area (Å²) in [6.45, 7) is 5.34. The van der Waals surface area contributed by atoms with Gasteiger partial charge in [0, 0.05) is 24.5 Å². The molecule has 0 aliphatic carbocycles. The van der Waals surface area contributed by atoms with Crippen LogP contribution in [0.25, 0.3) is 5.78 Å². The topological polar surface area (TPSA) is 92.9 Å². The molecule has 1 fully saturated rings. The van der Waals surface area contributed by atoms with Crippen LogP contribution < -0.4 is 9.64 Å². The van der Waals surface area contributed by atoms with Gasteiger partial charge >= 0.3 is 0 Å². The van der Waals surface area contributed by atoms with Gasteiger partial charge in [0.1, 0.15) is 5.75 Å². The molecule has 0 radical (unpaired) electrons. The third kappa shape index (κ3) is 3.49. The number of carbonyl (C=O) groups excluding carboxylic acids is 2. The number of aromatic nitrogens is 4. The van der Waals surface area contributed by atoms with Gasteiger partial charge in [-0.05, 0) is 51.3 Å². The summed E-state index contributed by atoms with van der Waals surface area (Å²) in [7, 11) is 0. The molecule has 2 aliphatic heterocycles. The summed E-state index contributed by atoms with van der Waals surface area (Å²) in [6.07, 6.45) is 2.37. The molecule has 0 spiro atoms. The number of likely N-dealkylation sites (tertiary alicyclic amines) is 1. The van der Waals surface area contributed by atoms with E-state index in [1.165, 1.54) is 0 Å². The summed E-state index contributed by atoms with van der Waals surface area (Å²) < 4.78 is 7.57. The fourth-order valence-electron chi connectivity index (χ4n) is 4.25. The van der Waals surface area contributed by atoms with E-state index < -0.39 is 6.10 Å². The van der Waals surface area contributed by atoms with Gasteiger partial charge in [-0.1, -0.05) is 12.1 Å². The standard InChI is InChI=1S/C22H24N6O3/c1-14-12-15(2)28-22(23-14)24-19(25-28)21(30)27-13-18(20(29)26-10-6-3-7-11-26)31-17-9-5-4-8-16(17)27/h4-5,8-9,12,18H,3,6-7,10-11,13H2,1-2H3/t18-/m1/s1. The lowest BCUT2D eigenvalue weighted by Gasteiger charge is -2.37. The minimum Gasteiger partial charge on any atom is -0.476 e. The molecule has 31 heavy (non-hydrogen) atoms. The first kappa shape index (κ1) is 19.5. The van der Waals surface area contributed by atoms with E-state index in [9.17, 15) is 9.59 Å². The zero-order valence-corrected chi connectivity index (χ0v) is 17.6. The van der Waals surface area contributed by atoms with Crippen molar-refractivity contribution in [2.24, 2.45) is 0 Å². The highest BCUT2D eigenvalue weighted by Crippen LogP contribution is 2.34. The zero-order valence-electron chi connectivity index (χ0n) is 17.6. The Labute approximate surface area is 179 Å². The molecule has 0 unspecified atom stereocenters. The van der Waals surface area contributed by atoms with Crippen LogP contribution in [0.5, 0.6) is 5.75 Å². The van der Waals surface area contributed by atoms with Crippen LogP contribution in [0.3, 0.4) is 0 Å². The van der Waals surface area contributed by atoms with Gasteiger partial charge in [0.2, 0.25) is 5.82 Å². The van der Waals surface area contributed by atoms with E-state index in [4.69, 9.17) is 4.74 Å². The van der Waals surface area contributed by atoms with Crippen LogP contribution in [0.1, 0.15) is 41.3 Å². The number of piperidine rings is 1. The van der Waals surface area contributed by atoms with Crippen molar-refractivity contribution in [3.8, 4) is 5.75 Å². The number of para-hydroxylation sites is 2. The Kier molecular flexibility index (Phi) is 4.80. The largest absolute Gasteiger partial charge is 0.476 e. The van der Waals surface area contributed by atoms with Crippen molar-refractivity contribution in [1.29, 1.82) is 0 Å². The summed E-state index contributed by atoms with van der Waals surface area (Å²) in [5.74, 6) is 0.467. The third-order valence-corrected chi connectivity index (χ3v) is 5.77. The fraction of sp³-hybridized carbons (Fsp3) is 0.409. The van der Waals surface area contributed by atoms with Gasteiger partial charge in [0.05, 0.1) is 12.2 Å². The molecule has 0 saturated carbocycles. The van der Waals surface area contributed by atoms with Crippen molar-refractivity contribution >= 4 is 23.3 Å². The maximum Gasteiger partial charge on any atom is 0.298 e. The monoisotopic (exact) mass is 420 g/mol. The molecule has 1 aromatic carbocycles. The number of anilines is 1. The first-order chi connectivity index (χ1) is 15.0. The first-order valence-corrected chi connectivity index (χ1v) is 10.6. The Bertz CT molecular complexity index is 1170. The Balaban J connectivity index is 1.49. The second-order valence-corrected chi connectivity index (χ2v) is 8.06. The minimum atomic E-state index is -0.754. The highest BCUT2D eigenvalue weighted by Gasteiger charge is 2.37. The summed E-state index contributed by atoms with van der Waals surface area (Å²) >= 11 is 0. The molecule has 2 aliphatic rings. The van der Waals surface area contributed by atoms with Crippen LogP contribution in [-0.4, -0.2) is 62.0 Å². The van der Waals surface area contributed by atoms with Crippen molar-refractivity contribution in [3.05, 3.63) is 47.5 Å². The van der Waals surface area contributed by atoms with E-state index in [2.05, 4.69) is 15.1 Å². The molecule has 5 rings (SSSR count). The van der Waals surface area contributed by atoms with Gasteiger partial charge in [0.15, 0.2) is 6.10 Å². The van der Waals surface area contributed by atoms with Crippen LogP contribution in [0.2, 0.25) is 0 Å². The number of carbonyl (C=O) groups is 2. The van der Waals surface area contributed by atoms with Crippen molar-refractivity contribution in [2.75, 3.05) is 24.5 Å². The number of hydrogen-bond acceptors (Lipinski definition) is 6. The number of benzene rings is 1. The SMILES string of the molecule is Cc1cc(C)n2nc(C(=O)N3C[C@H](C(=O)N4CCCCC4)Oc4ccccc43)nc2n1. The van der Waals surface area contributed by atoms with E-state index in [0.29, 0.717) is 17.2 Å². The quantitative estimate of drug-likeness (QED) is 0.631. The van der Waals surface area contributed by atoms with Gasteiger partial charge in [0.25, 0.3) is 17.6 Å². The maximum absolute atomic E-state index is 13.5. The lowest BCUT2D eigenvalue weighted by atomic mass is 10.1. The first-order valence-electron chi connectivity index (χ1n) is 10.6. The van der Waals surface area contributed by atoms with Crippen LogP contribution in [0, 0.1) is 13.8 Å². The van der Waals surface area contributed by atoms with Crippen molar-refractivity contribution in [3.63, 3.8) is 0 Å². The summed E-state index contributed by atoms with van der Waals surface area (Å²) in [4.78, 5) is 38.7. The summed E-state index contributed by atoms with van der Waals surface area (Å²) in [5.41, 5.74) is 2.25. The van der Waals surface area contributed by atoms with Crippen LogP contribution in [0.15, 0.2) is 30.3 Å². The second kappa shape index (κ2) is 7.64. The molecule has 1 atom stereocenters. The molecular formula is C22H24N6O3. The lowest BCUT2D eigenvalue weighted by molar-refractivity contribution is -0.139. The predicted molar refractivity (Wildman–Crippen MR) is 113 cm³/mol. The van der Waals surface area contributed by atoms with Crippen LogP contribution in [-0.2, 0) is 4.79 Å². The molecule has 2 aromatic heterocycles. The highest BCUT2D eigenvalue weighted by molar-refractivity contribution is 6.05. The molecular weight excluding hydrogens is 396 g/mol. The van der Waals surface area contributed by atoms with Crippen molar-refractivity contribution in [1.82, 2.24) is 24.5 Å². The van der Waals surface area contributed by atoms with Crippen molar-refractivity contribution in [2.45, 2.75) is 39.2 Å². The fourth-order valence-corrected chi connectivity index (χ4v) is 4.25. The van der Waals surface area contributed by atoms with Gasteiger partial charge in [-0.25, -0.2) is 9.50 Å². The number of hydrogen-bond donors (Lipinski definition) is 0. The number of fused-ring (bicyclic) bond motifs is 2. The molecule has 2 amide bonds. The molecule has 0 N–H and O–H groups in total. The van der Waals surface area contributed by atoms with Gasteiger partial charge < -0.3 is 9.64 Å². The van der Waals surface area contributed by atoms with Gasteiger partial charge in [-0.3, -0.25) is 14.5 Å². The lowest BCUT2D eigenvalue weighted by Crippen LogP contribution is -2.53. The molecule has 3 aromatic rings. The van der Waals surface area contributed by atoms with Gasteiger partial charge in [-0.2, -0.15) is 4.98 Å². The average Bonchev–Trinajstić information content (AvgIpc) is 3.22. The number of ether oxygens (including phenoxy) is 1. The molecule has 0 bridgehead atoms. The predicted octanol–water partition coefficient (Wildman–Crippen LogP) is 2.16. The molecule has 160 valence electrons. The van der Waals surface area contributed by atoms with E-state index in [0.717, 1.165) is 43.7 Å². The van der Waals surface area contributed by atoms with E-state index in [1.807, 2.05) is 36.9 Å². The highest BCUT2D eigenvalue weighted by atomic mass is 16.5. The van der Waals surface area contributed by atoms with Crippen LogP contribution in [0.4, 0.5) is 5.69 Å². The zero-order chi connectivity index (χ0) is 21.5.